The number of amides is 2. The van der Waals surface area contributed by atoms with Gasteiger partial charge in [-0.1, -0.05) is 72.8 Å². The van der Waals surface area contributed by atoms with E-state index in [1.165, 1.54) is 4.90 Å². The molecular weight excluding hydrogens is 556 g/mol. The number of allylic oxidation sites excluding steroid dienone is 1. The SMILES string of the molecule is C=CCCCCOC(=O)[C@H]1[C@H]2C(=O)N([C@@H](CO)Cc3ccccc3)C(C(=O)N(CC=C)Cc3ccccc3)C23CC[C@]1(C)O3. The first-order chi connectivity index (χ1) is 21.3. The van der Waals surface area contributed by atoms with Crippen LogP contribution in [-0.4, -0.2) is 75.7 Å². The number of carbonyl (C=O) groups is 3. The van der Waals surface area contributed by atoms with Gasteiger partial charge in [0.1, 0.15) is 17.6 Å². The Bertz CT molecular complexity index is 1350. The van der Waals surface area contributed by atoms with E-state index in [0.717, 1.165) is 24.0 Å². The second-order valence-corrected chi connectivity index (χ2v) is 12.4. The fourth-order valence-electron chi connectivity index (χ4n) is 7.55. The van der Waals surface area contributed by atoms with Crippen LogP contribution in [0.3, 0.4) is 0 Å². The molecule has 0 aromatic heterocycles. The van der Waals surface area contributed by atoms with E-state index < -0.39 is 41.1 Å². The summed E-state index contributed by atoms with van der Waals surface area (Å²) in [4.78, 5) is 46.3. The lowest BCUT2D eigenvalue weighted by Crippen LogP contribution is -2.59. The van der Waals surface area contributed by atoms with E-state index in [2.05, 4.69) is 13.2 Å². The van der Waals surface area contributed by atoms with Gasteiger partial charge in [0.15, 0.2) is 0 Å². The minimum absolute atomic E-state index is 0.247. The maximum atomic E-state index is 14.7. The minimum atomic E-state index is -1.21. The summed E-state index contributed by atoms with van der Waals surface area (Å²) in [7, 11) is 0. The third-order valence-corrected chi connectivity index (χ3v) is 9.54. The van der Waals surface area contributed by atoms with Crippen LogP contribution in [0.1, 0.15) is 50.2 Å². The van der Waals surface area contributed by atoms with E-state index in [0.29, 0.717) is 32.2 Å². The number of likely N-dealkylation sites (tertiary alicyclic amines) is 1. The fourth-order valence-corrected chi connectivity index (χ4v) is 7.55. The summed E-state index contributed by atoms with van der Waals surface area (Å²) < 4.78 is 12.5. The van der Waals surface area contributed by atoms with E-state index in [1.54, 1.807) is 11.0 Å². The van der Waals surface area contributed by atoms with Crippen molar-refractivity contribution >= 4 is 17.8 Å². The van der Waals surface area contributed by atoms with Crippen LogP contribution in [0.25, 0.3) is 0 Å². The highest BCUT2D eigenvalue weighted by molar-refractivity contribution is 5.98. The van der Waals surface area contributed by atoms with Gasteiger partial charge in [-0.15, -0.1) is 13.2 Å². The normalized spacial score (nSPS) is 27.5. The predicted molar refractivity (Wildman–Crippen MR) is 167 cm³/mol. The number of hydrogen-bond donors (Lipinski definition) is 1. The molecule has 0 aliphatic carbocycles. The first-order valence-corrected chi connectivity index (χ1v) is 15.7. The number of hydrogen-bond acceptors (Lipinski definition) is 6. The Labute approximate surface area is 260 Å². The van der Waals surface area contributed by atoms with Gasteiger partial charge in [0.25, 0.3) is 0 Å². The monoisotopic (exact) mass is 600 g/mol. The molecule has 44 heavy (non-hydrogen) atoms. The number of nitrogens with zero attached hydrogens (tertiary/aromatic N) is 2. The molecule has 3 saturated heterocycles. The highest BCUT2D eigenvalue weighted by atomic mass is 16.6. The maximum absolute atomic E-state index is 14.7. The lowest BCUT2D eigenvalue weighted by atomic mass is 9.66. The van der Waals surface area contributed by atoms with E-state index >= 15 is 0 Å². The largest absolute Gasteiger partial charge is 0.465 e. The van der Waals surface area contributed by atoms with Crippen LogP contribution in [0.5, 0.6) is 0 Å². The van der Waals surface area contributed by atoms with E-state index in [9.17, 15) is 19.5 Å². The molecular formula is C36H44N2O6. The zero-order chi connectivity index (χ0) is 31.3. The molecule has 1 spiro atoms. The van der Waals surface area contributed by atoms with Crippen LogP contribution in [0.15, 0.2) is 86.0 Å². The first-order valence-electron chi connectivity index (χ1n) is 15.7. The van der Waals surface area contributed by atoms with Crippen molar-refractivity contribution in [1.29, 1.82) is 0 Å². The van der Waals surface area contributed by atoms with Crippen LogP contribution < -0.4 is 0 Å². The van der Waals surface area contributed by atoms with Gasteiger partial charge >= 0.3 is 5.97 Å². The number of esters is 1. The Hall–Kier alpha value is -3.75. The number of unbranched alkanes of at least 4 members (excludes halogenated alkanes) is 2. The molecule has 1 N–H and O–H groups in total. The number of ether oxygens (including phenoxy) is 2. The molecule has 8 heteroatoms. The second-order valence-electron chi connectivity index (χ2n) is 12.4. The number of aliphatic hydroxyl groups is 1. The lowest BCUT2D eigenvalue weighted by Gasteiger charge is -2.39. The molecule has 2 unspecified atom stereocenters. The van der Waals surface area contributed by atoms with Gasteiger partial charge in [-0.3, -0.25) is 14.4 Å². The fraction of sp³-hybridized carbons (Fsp3) is 0.472. The zero-order valence-corrected chi connectivity index (χ0v) is 25.6. The highest BCUT2D eigenvalue weighted by Gasteiger charge is 2.79. The van der Waals surface area contributed by atoms with E-state index in [1.807, 2.05) is 73.7 Å². The molecule has 2 aromatic carbocycles. The number of benzene rings is 2. The van der Waals surface area contributed by atoms with Crippen molar-refractivity contribution in [3.8, 4) is 0 Å². The number of fused-ring (bicyclic) bond motifs is 1. The van der Waals surface area contributed by atoms with Gasteiger partial charge < -0.3 is 24.4 Å². The minimum Gasteiger partial charge on any atom is -0.465 e. The van der Waals surface area contributed by atoms with Crippen molar-refractivity contribution in [3.05, 3.63) is 97.1 Å². The van der Waals surface area contributed by atoms with Crippen LogP contribution in [0.2, 0.25) is 0 Å². The van der Waals surface area contributed by atoms with Crippen molar-refractivity contribution in [2.24, 2.45) is 11.8 Å². The zero-order valence-electron chi connectivity index (χ0n) is 25.6. The molecule has 2 bridgehead atoms. The molecule has 0 radical (unpaired) electrons. The Morgan fingerprint density at radius 2 is 1.75 bits per heavy atom. The quantitative estimate of drug-likeness (QED) is 0.184. The van der Waals surface area contributed by atoms with E-state index in [4.69, 9.17) is 9.47 Å². The molecule has 3 fully saturated rings. The predicted octanol–water partition coefficient (Wildman–Crippen LogP) is 4.47. The number of aliphatic hydroxyl groups excluding tert-OH is 1. The molecule has 6 atom stereocenters. The second kappa shape index (κ2) is 13.5. The Morgan fingerprint density at radius 3 is 2.39 bits per heavy atom. The Kier molecular flexibility index (Phi) is 9.71. The molecule has 3 aliphatic heterocycles. The standard InChI is InChI=1S/C36H44N2O6/c1-4-6-7-14-22-43-34(42)30-29-32(40)38(28(25-39)23-26-15-10-8-11-16-26)31(36(29)20-19-35(30,3)44-36)33(41)37(21-5-2)24-27-17-12-9-13-18-27/h4-5,8-13,15-18,28-31,39H,1-2,6-7,14,19-25H2,3H3/t28-,29+,30-,31?,35+,36?/m1/s1. The summed E-state index contributed by atoms with van der Waals surface area (Å²) in [6, 6.07) is 17.6. The van der Waals surface area contributed by atoms with Gasteiger partial charge in [0.05, 0.1) is 30.8 Å². The molecule has 2 amide bonds. The van der Waals surface area contributed by atoms with Gasteiger partial charge in [-0.2, -0.15) is 0 Å². The molecule has 3 heterocycles. The van der Waals surface area contributed by atoms with Crippen molar-refractivity contribution < 1.29 is 29.0 Å². The van der Waals surface area contributed by atoms with Crippen LogP contribution in [-0.2, 0) is 36.8 Å². The summed E-state index contributed by atoms with van der Waals surface area (Å²) in [5.74, 6) is -2.81. The van der Waals surface area contributed by atoms with Crippen LogP contribution in [0, 0.1) is 11.8 Å². The summed E-state index contributed by atoms with van der Waals surface area (Å²) in [5.41, 5.74) is -0.271. The number of rotatable bonds is 15. The summed E-state index contributed by atoms with van der Waals surface area (Å²) in [5, 5.41) is 10.7. The van der Waals surface area contributed by atoms with Gasteiger partial charge in [-0.25, -0.2) is 0 Å². The van der Waals surface area contributed by atoms with Crippen molar-refractivity contribution in [2.75, 3.05) is 19.8 Å². The Balaban J connectivity index is 1.52. The van der Waals surface area contributed by atoms with Crippen molar-refractivity contribution in [2.45, 2.75) is 75.3 Å². The smallest absolute Gasteiger partial charge is 0.312 e. The molecule has 0 saturated carbocycles. The number of carbonyl (C=O) groups excluding carboxylic acids is 3. The van der Waals surface area contributed by atoms with Gasteiger partial charge in [0.2, 0.25) is 11.8 Å². The van der Waals surface area contributed by atoms with Crippen LogP contribution in [0.4, 0.5) is 0 Å². The molecule has 234 valence electrons. The molecule has 5 rings (SSSR count). The summed E-state index contributed by atoms with van der Waals surface area (Å²) >= 11 is 0. The maximum Gasteiger partial charge on any atom is 0.312 e. The summed E-state index contributed by atoms with van der Waals surface area (Å²) in [6.45, 7) is 9.98. The Morgan fingerprint density at radius 1 is 1.07 bits per heavy atom. The van der Waals surface area contributed by atoms with Crippen molar-refractivity contribution in [1.82, 2.24) is 9.80 Å². The van der Waals surface area contributed by atoms with Gasteiger partial charge in [-0.05, 0) is 56.6 Å². The highest BCUT2D eigenvalue weighted by Crippen LogP contribution is 2.63. The average molecular weight is 601 g/mol. The lowest BCUT2D eigenvalue weighted by molar-refractivity contribution is -0.162. The first kappa shape index (κ1) is 31.7. The summed E-state index contributed by atoms with van der Waals surface area (Å²) in [6.07, 6.45) is 7.21. The molecule has 8 nitrogen and oxygen atoms in total. The molecule has 3 aliphatic rings. The third-order valence-electron chi connectivity index (χ3n) is 9.54. The average Bonchev–Trinajstić information content (AvgIpc) is 3.60. The van der Waals surface area contributed by atoms with Crippen LogP contribution >= 0.6 is 0 Å². The van der Waals surface area contributed by atoms with E-state index in [-0.39, 0.29) is 31.6 Å². The van der Waals surface area contributed by atoms with Gasteiger partial charge in [0, 0.05) is 13.1 Å². The third kappa shape index (κ3) is 5.85. The molecule has 2 aromatic rings. The topological polar surface area (TPSA) is 96.4 Å². The van der Waals surface area contributed by atoms with Crippen molar-refractivity contribution in [3.63, 3.8) is 0 Å².